The van der Waals surface area contributed by atoms with Gasteiger partial charge in [0.05, 0.1) is 19.1 Å². The normalized spacial score (nSPS) is 14.7. The van der Waals surface area contributed by atoms with Crippen LogP contribution in [0, 0.1) is 0 Å². The molecular formula is C28H32N2O4S. The van der Waals surface area contributed by atoms with Gasteiger partial charge in [-0.1, -0.05) is 49.6 Å². The van der Waals surface area contributed by atoms with Crippen molar-refractivity contribution in [2.45, 2.75) is 50.7 Å². The summed E-state index contributed by atoms with van der Waals surface area (Å²) < 4.78 is 10.7. The minimum atomic E-state index is -0.788. The predicted molar refractivity (Wildman–Crippen MR) is 138 cm³/mol. The Morgan fingerprint density at radius 3 is 2.37 bits per heavy atom. The average Bonchev–Trinajstić information content (AvgIpc) is 3.44. The Kier molecular flexibility index (Phi) is 8.42. The molecule has 1 aliphatic carbocycles. The van der Waals surface area contributed by atoms with E-state index in [9.17, 15) is 9.59 Å². The number of methoxy groups -OCH3 is 2. The Balaban J connectivity index is 1.73. The molecule has 1 fully saturated rings. The average molecular weight is 493 g/mol. The standard InChI is InChI=1S/C28H32N2O4S/c1-33-23-15-13-21(14-16-23)26(27(31)29-22-9-4-3-5-10-22)30(28(32)25-12-7-17-35-25)19-20-8-6-11-24(18-20)34-2/h6-8,11-18,22,26H,3-5,9-10,19H2,1-2H3,(H,29,31)/t26-/m0/s1. The van der Waals surface area contributed by atoms with E-state index in [2.05, 4.69) is 5.32 Å². The first kappa shape index (κ1) is 24.8. The third kappa shape index (κ3) is 6.22. The first-order chi connectivity index (χ1) is 17.1. The molecule has 2 aromatic carbocycles. The van der Waals surface area contributed by atoms with Gasteiger partial charge in [-0.25, -0.2) is 0 Å². The summed E-state index contributed by atoms with van der Waals surface area (Å²) in [5.74, 6) is 1.07. The highest BCUT2D eigenvalue weighted by molar-refractivity contribution is 7.12. The van der Waals surface area contributed by atoms with Gasteiger partial charge in [-0.05, 0) is 59.7 Å². The number of ether oxygens (including phenoxy) is 2. The first-order valence-electron chi connectivity index (χ1n) is 12.0. The summed E-state index contributed by atoms with van der Waals surface area (Å²) in [4.78, 5) is 29.9. The van der Waals surface area contributed by atoms with Crippen LogP contribution < -0.4 is 14.8 Å². The highest BCUT2D eigenvalue weighted by atomic mass is 32.1. The van der Waals surface area contributed by atoms with Crippen LogP contribution in [-0.4, -0.2) is 37.0 Å². The topological polar surface area (TPSA) is 67.9 Å². The lowest BCUT2D eigenvalue weighted by molar-refractivity contribution is -0.127. The fourth-order valence-electron chi connectivity index (χ4n) is 4.58. The van der Waals surface area contributed by atoms with Crippen molar-refractivity contribution >= 4 is 23.2 Å². The molecule has 0 unspecified atom stereocenters. The number of nitrogens with one attached hydrogen (secondary N) is 1. The lowest BCUT2D eigenvalue weighted by Gasteiger charge is -2.33. The molecule has 1 atom stereocenters. The van der Waals surface area contributed by atoms with E-state index in [0.29, 0.717) is 16.4 Å². The summed E-state index contributed by atoms with van der Waals surface area (Å²) in [5.41, 5.74) is 1.63. The van der Waals surface area contributed by atoms with Gasteiger partial charge < -0.3 is 19.7 Å². The molecule has 184 valence electrons. The second-order valence-electron chi connectivity index (χ2n) is 8.78. The van der Waals surface area contributed by atoms with E-state index in [1.165, 1.54) is 17.8 Å². The monoisotopic (exact) mass is 492 g/mol. The maximum absolute atomic E-state index is 13.8. The van der Waals surface area contributed by atoms with E-state index in [1.54, 1.807) is 25.2 Å². The largest absolute Gasteiger partial charge is 0.497 e. The maximum atomic E-state index is 13.8. The molecule has 0 spiro atoms. The number of carbonyl (C=O) groups is 2. The molecule has 1 aromatic heterocycles. The number of amides is 2. The van der Waals surface area contributed by atoms with Crippen molar-refractivity contribution in [1.29, 1.82) is 0 Å². The summed E-state index contributed by atoms with van der Waals surface area (Å²) in [6.07, 6.45) is 5.36. The van der Waals surface area contributed by atoms with Crippen LogP contribution in [0.4, 0.5) is 0 Å². The summed E-state index contributed by atoms with van der Waals surface area (Å²) in [6.45, 7) is 0.267. The van der Waals surface area contributed by atoms with Crippen molar-refractivity contribution in [3.8, 4) is 11.5 Å². The van der Waals surface area contributed by atoms with E-state index in [1.807, 2.05) is 60.0 Å². The zero-order valence-electron chi connectivity index (χ0n) is 20.2. The molecular weight excluding hydrogens is 460 g/mol. The smallest absolute Gasteiger partial charge is 0.265 e. The van der Waals surface area contributed by atoms with Gasteiger partial charge in [0.1, 0.15) is 17.5 Å². The van der Waals surface area contributed by atoms with Gasteiger partial charge in [0.25, 0.3) is 5.91 Å². The third-order valence-corrected chi connectivity index (χ3v) is 7.28. The lowest BCUT2D eigenvalue weighted by atomic mass is 9.94. The minimum absolute atomic E-state index is 0.132. The Bertz CT molecular complexity index is 1110. The number of hydrogen-bond donors (Lipinski definition) is 1. The maximum Gasteiger partial charge on any atom is 0.265 e. The molecule has 7 heteroatoms. The van der Waals surface area contributed by atoms with Gasteiger partial charge in [-0.15, -0.1) is 11.3 Å². The molecule has 2 amide bonds. The zero-order valence-corrected chi connectivity index (χ0v) is 21.1. The molecule has 0 saturated heterocycles. The van der Waals surface area contributed by atoms with Crippen molar-refractivity contribution in [2.24, 2.45) is 0 Å². The molecule has 4 rings (SSSR count). The van der Waals surface area contributed by atoms with Gasteiger partial charge in [-0.3, -0.25) is 9.59 Å². The fourth-order valence-corrected chi connectivity index (χ4v) is 5.25. The van der Waals surface area contributed by atoms with Crippen molar-refractivity contribution in [3.63, 3.8) is 0 Å². The molecule has 1 saturated carbocycles. The quantitative estimate of drug-likeness (QED) is 0.422. The molecule has 0 radical (unpaired) electrons. The zero-order chi connectivity index (χ0) is 24.6. The van der Waals surface area contributed by atoms with E-state index in [-0.39, 0.29) is 24.4 Å². The number of hydrogen-bond acceptors (Lipinski definition) is 5. The molecule has 35 heavy (non-hydrogen) atoms. The van der Waals surface area contributed by atoms with Crippen LogP contribution >= 0.6 is 11.3 Å². The van der Waals surface area contributed by atoms with Crippen LogP contribution in [-0.2, 0) is 11.3 Å². The van der Waals surface area contributed by atoms with Gasteiger partial charge in [0.2, 0.25) is 5.91 Å². The number of thiophene rings is 1. The number of nitrogens with zero attached hydrogens (tertiary/aromatic N) is 1. The molecule has 1 aliphatic rings. The van der Waals surface area contributed by atoms with Crippen molar-refractivity contribution in [2.75, 3.05) is 14.2 Å². The van der Waals surface area contributed by atoms with Gasteiger partial charge in [-0.2, -0.15) is 0 Å². The second kappa shape index (κ2) is 11.9. The molecule has 6 nitrogen and oxygen atoms in total. The molecule has 3 aromatic rings. The lowest BCUT2D eigenvalue weighted by Crippen LogP contribution is -2.46. The van der Waals surface area contributed by atoms with Crippen molar-refractivity contribution < 1.29 is 19.1 Å². The van der Waals surface area contributed by atoms with Crippen LogP contribution in [0.25, 0.3) is 0 Å². The SMILES string of the molecule is COc1ccc([C@@H](C(=O)NC2CCCCC2)N(Cc2cccc(OC)c2)C(=O)c2cccs2)cc1. The van der Waals surface area contributed by atoms with Gasteiger partial charge in [0, 0.05) is 12.6 Å². The van der Waals surface area contributed by atoms with E-state index in [4.69, 9.17) is 9.47 Å². The predicted octanol–water partition coefficient (Wildman–Crippen LogP) is 5.60. The van der Waals surface area contributed by atoms with Crippen molar-refractivity contribution in [1.82, 2.24) is 10.2 Å². The van der Waals surface area contributed by atoms with Crippen LogP contribution in [0.15, 0.2) is 66.0 Å². The van der Waals surface area contributed by atoms with E-state index >= 15 is 0 Å². The molecule has 0 aliphatic heterocycles. The Labute approximate surface area is 210 Å². The van der Waals surface area contributed by atoms with Crippen LogP contribution in [0.3, 0.4) is 0 Å². The number of rotatable bonds is 9. The van der Waals surface area contributed by atoms with Gasteiger partial charge in [0.15, 0.2) is 0 Å². The summed E-state index contributed by atoms with van der Waals surface area (Å²) >= 11 is 1.38. The van der Waals surface area contributed by atoms with Crippen LogP contribution in [0.1, 0.15) is 58.9 Å². The minimum Gasteiger partial charge on any atom is -0.497 e. The molecule has 1 N–H and O–H groups in total. The molecule has 0 bridgehead atoms. The summed E-state index contributed by atoms with van der Waals surface area (Å²) in [6, 6.07) is 18.0. The highest BCUT2D eigenvalue weighted by Gasteiger charge is 2.34. The van der Waals surface area contributed by atoms with E-state index in [0.717, 1.165) is 36.8 Å². The second-order valence-corrected chi connectivity index (χ2v) is 9.73. The van der Waals surface area contributed by atoms with Crippen LogP contribution in [0.2, 0.25) is 0 Å². The Morgan fingerprint density at radius 1 is 0.971 bits per heavy atom. The summed E-state index contributed by atoms with van der Waals surface area (Å²) in [7, 11) is 3.23. The third-order valence-electron chi connectivity index (χ3n) is 6.42. The van der Waals surface area contributed by atoms with Crippen LogP contribution in [0.5, 0.6) is 11.5 Å². The number of carbonyl (C=O) groups excluding carboxylic acids is 2. The first-order valence-corrected chi connectivity index (χ1v) is 12.9. The highest BCUT2D eigenvalue weighted by Crippen LogP contribution is 2.30. The fraction of sp³-hybridized carbons (Fsp3) is 0.357. The molecule has 1 heterocycles. The Hall–Kier alpha value is -3.32. The van der Waals surface area contributed by atoms with Gasteiger partial charge >= 0.3 is 0 Å². The number of benzene rings is 2. The van der Waals surface area contributed by atoms with E-state index < -0.39 is 6.04 Å². The van der Waals surface area contributed by atoms with Crippen molar-refractivity contribution in [3.05, 3.63) is 82.0 Å². The Morgan fingerprint density at radius 2 is 1.71 bits per heavy atom. The summed E-state index contributed by atoms with van der Waals surface area (Å²) in [5, 5.41) is 5.13.